The van der Waals surface area contributed by atoms with Crippen molar-refractivity contribution in [3.05, 3.63) is 59.7 Å². The van der Waals surface area contributed by atoms with Gasteiger partial charge in [0, 0.05) is 13.1 Å². The lowest BCUT2D eigenvalue weighted by Gasteiger charge is -2.09. The van der Waals surface area contributed by atoms with Crippen LogP contribution in [0.3, 0.4) is 0 Å². The standard InChI is InChI=1S/C19H24N2O3/c1-15-4-8-18(9-5-15)24-13-3-12-20-19(22)21-14-16-6-10-17(23-2)11-7-16/h4-11H,3,12-14H2,1-2H3,(H2,20,21,22). The maximum absolute atomic E-state index is 11.7. The Bertz CT molecular complexity index is 624. The number of aryl methyl sites for hydroxylation is 1. The summed E-state index contributed by atoms with van der Waals surface area (Å²) in [7, 11) is 1.63. The van der Waals surface area contributed by atoms with E-state index >= 15 is 0 Å². The number of urea groups is 1. The van der Waals surface area contributed by atoms with Crippen LogP contribution in [0.1, 0.15) is 17.5 Å². The van der Waals surface area contributed by atoms with Gasteiger partial charge < -0.3 is 20.1 Å². The predicted molar refractivity (Wildman–Crippen MR) is 94.5 cm³/mol. The van der Waals surface area contributed by atoms with Gasteiger partial charge in [0.05, 0.1) is 13.7 Å². The number of methoxy groups -OCH3 is 1. The van der Waals surface area contributed by atoms with E-state index in [0.717, 1.165) is 23.5 Å². The number of nitrogens with one attached hydrogen (secondary N) is 2. The van der Waals surface area contributed by atoms with Gasteiger partial charge >= 0.3 is 6.03 Å². The summed E-state index contributed by atoms with van der Waals surface area (Å²) in [6, 6.07) is 15.3. The second-order valence-electron chi connectivity index (χ2n) is 5.47. The number of carbonyl (C=O) groups is 1. The van der Waals surface area contributed by atoms with E-state index in [1.54, 1.807) is 7.11 Å². The third kappa shape index (κ3) is 6.20. The van der Waals surface area contributed by atoms with E-state index in [4.69, 9.17) is 9.47 Å². The normalized spacial score (nSPS) is 10.1. The average Bonchev–Trinajstić information content (AvgIpc) is 2.61. The molecule has 0 atom stereocenters. The topological polar surface area (TPSA) is 59.6 Å². The minimum absolute atomic E-state index is 0.179. The maximum atomic E-state index is 11.7. The van der Waals surface area contributed by atoms with Gasteiger partial charge in [-0.3, -0.25) is 0 Å². The van der Waals surface area contributed by atoms with Crippen LogP contribution >= 0.6 is 0 Å². The van der Waals surface area contributed by atoms with Crippen LogP contribution in [0.15, 0.2) is 48.5 Å². The summed E-state index contributed by atoms with van der Waals surface area (Å²) in [4.78, 5) is 11.7. The predicted octanol–water partition coefficient (Wildman–Crippen LogP) is 3.27. The third-order valence-corrected chi connectivity index (χ3v) is 3.51. The molecule has 0 aromatic heterocycles. The highest BCUT2D eigenvalue weighted by molar-refractivity contribution is 5.73. The lowest BCUT2D eigenvalue weighted by atomic mass is 10.2. The summed E-state index contributed by atoms with van der Waals surface area (Å²) in [6.45, 7) is 3.66. The molecule has 0 unspecified atom stereocenters. The number of hydrogen-bond donors (Lipinski definition) is 2. The smallest absolute Gasteiger partial charge is 0.315 e. The SMILES string of the molecule is COc1ccc(CNC(=O)NCCCOc2ccc(C)cc2)cc1. The molecule has 5 nitrogen and oxygen atoms in total. The largest absolute Gasteiger partial charge is 0.497 e. The molecule has 0 fully saturated rings. The number of carbonyl (C=O) groups excluding carboxylic acids is 1. The number of ether oxygens (including phenoxy) is 2. The fourth-order valence-electron chi connectivity index (χ4n) is 2.09. The summed E-state index contributed by atoms with van der Waals surface area (Å²) < 4.78 is 10.7. The molecule has 2 rings (SSSR count). The zero-order valence-corrected chi connectivity index (χ0v) is 14.2. The molecule has 2 aromatic carbocycles. The van der Waals surface area contributed by atoms with E-state index in [1.165, 1.54) is 5.56 Å². The molecule has 5 heteroatoms. The Hall–Kier alpha value is -2.69. The molecule has 0 saturated carbocycles. The van der Waals surface area contributed by atoms with Crippen molar-refractivity contribution in [3.63, 3.8) is 0 Å². The lowest BCUT2D eigenvalue weighted by molar-refractivity contribution is 0.238. The molecule has 0 aliphatic carbocycles. The van der Waals surface area contributed by atoms with Gasteiger partial charge in [0.25, 0.3) is 0 Å². The molecule has 128 valence electrons. The molecule has 0 aliphatic rings. The highest BCUT2D eigenvalue weighted by Gasteiger charge is 2.01. The molecular weight excluding hydrogens is 304 g/mol. The summed E-state index contributed by atoms with van der Waals surface area (Å²) in [5, 5.41) is 5.64. The first-order valence-corrected chi connectivity index (χ1v) is 8.01. The van der Waals surface area contributed by atoms with Gasteiger partial charge in [0.15, 0.2) is 0 Å². The average molecular weight is 328 g/mol. The fourth-order valence-corrected chi connectivity index (χ4v) is 2.09. The number of hydrogen-bond acceptors (Lipinski definition) is 3. The molecular formula is C19H24N2O3. The Balaban J connectivity index is 1.56. The molecule has 0 saturated heterocycles. The van der Waals surface area contributed by atoms with Crippen LogP contribution in [0.4, 0.5) is 4.79 Å². The second kappa shape index (κ2) is 9.45. The summed E-state index contributed by atoms with van der Waals surface area (Å²) in [5.74, 6) is 1.65. The molecule has 2 amide bonds. The quantitative estimate of drug-likeness (QED) is 0.731. The van der Waals surface area contributed by atoms with Crippen molar-refractivity contribution in [2.24, 2.45) is 0 Å². The minimum Gasteiger partial charge on any atom is -0.497 e. The Morgan fingerprint density at radius 3 is 2.29 bits per heavy atom. The van der Waals surface area contributed by atoms with Gasteiger partial charge in [0.1, 0.15) is 11.5 Å². The van der Waals surface area contributed by atoms with Crippen LogP contribution in [0, 0.1) is 6.92 Å². The van der Waals surface area contributed by atoms with Crippen molar-refractivity contribution in [3.8, 4) is 11.5 Å². The monoisotopic (exact) mass is 328 g/mol. The Labute approximate surface area is 143 Å². The van der Waals surface area contributed by atoms with Crippen LogP contribution in [0.5, 0.6) is 11.5 Å². The van der Waals surface area contributed by atoms with E-state index in [-0.39, 0.29) is 6.03 Å². The fraction of sp³-hybridized carbons (Fsp3) is 0.316. The Morgan fingerprint density at radius 2 is 1.62 bits per heavy atom. The molecule has 0 aliphatic heterocycles. The van der Waals surface area contributed by atoms with Gasteiger partial charge in [-0.05, 0) is 43.2 Å². The first-order valence-electron chi connectivity index (χ1n) is 8.01. The van der Waals surface area contributed by atoms with Crippen molar-refractivity contribution >= 4 is 6.03 Å². The molecule has 2 N–H and O–H groups in total. The van der Waals surface area contributed by atoms with Crippen LogP contribution in [-0.2, 0) is 6.54 Å². The molecule has 0 spiro atoms. The summed E-state index contributed by atoms with van der Waals surface area (Å²) in [5.41, 5.74) is 2.23. The van der Waals surface area contributed by atoms with Gasteiger partial charge in [-0.15, -0.1) is 0 Å². The molecule has 0 heterocycles. The van der Waals surface area contributed by atoms with Gasteiger partial charge in [-0.1, -0.05) is 29.8 Å². The van der Waals surface area contributed by atoms with E-state index in [9.17, 15) is 4.79 Å². The number of rotatable bonds is 8. The summed E-state index contributed by atoms with van der Waals surface area (Å²) in [6.07, 6.45) is 0.754. The number of benzene rings is 2. The second-order valence-corrected chi connectivity index (χ2v) is 5.47. The zero-order chi connectivity index (χ0) is 17.2. The first kappa shape index (κ1) is 17.7. The van der Waals surface area contributed by atoms with E-state index in [0.29, 0.717) is 19.7 Å². The Morgan fingerprint density at radius 1 is 0.958 bits per heavy atom. The van der Waals surface area contributed by atoms with Gasteiger partial charge in [-0.2, -0.15) is 0 Å². The van der Waals surface area contributed by atoms with Crippen LogP contribution in [0.2, 0.25) is 0 Å². The molecule has 0 radical (unpaired) electrons. The van der Waals surface area contributed by atoms with Crippen molar-refractivity contribution in [1.29, 1.82) is 0 Å². The third-order valence-electron chi connectivity index (χ3n) is 3.51. The van der Waals surface area contributed by atoms with E-state index in [1.807, 2.05) is 55.5 Å². The van der Waals surface area contributed by atoms with Crippen molar-refractivity contribution < 1.29 is 14.3 Å². The summed E-state index contributed by atoms with van der Waals surface area (Å²) >= 11 is 0. The molecule has 24 heavy (non-hydrogen) atoms. The van der Waals surface area contributed by atoms with Crippen molar-refractivity contribution in [2.45, 2.75) is 19.9 Å². The number of amides is 2. The highest BCUT2D eigenvalue weighted by atomic mass is 16.5. The van der Waals surface area contributed by atoms with Crippen LogP contribution in [0.25, 0.3) is 0 Å². The van der Waals surface area contributed by atoms with Crippen LogP contribution < -0.4 is 20.1 Å². The molecule has 0 bridgehead atoms. The van der Waals surface area contributed by atoms with Gasteiger partial charge in [-0.25, -0.2) is 4.79 Å². The first-order chi connectivity index (χ1) is 11.7. The highest BCUT2D eigenvalue weighted by Crippen LogP contribution is 2.12. The van der Waals surface area contributed by atoms with E-state index in [2.05, 4.69) is 10.6 Å². The van der Waals surface area contributed by atoms with E-state index < -0.39 is 0 Å². The minimum atomic E-state index is -0.179. The molecule has 2 aromatic rings. The Kier molecular flexibility index (Phi) is 6.95. The lowest BCUT2D eigenvalue weighted by Crippen LogP contribution is -2.35. The zero-order valence-electron chi connectivity index (χ0n) is 14.2. The van der Waals surface area contributed by atoms with Gasteiger partial charge in [0.2, 0.25) is 0 Å². The van der Waals surface area contributed by atoms with Crippen molar-refractivity contribution in [2.75, 3.05) is 20.3 Å². The maximum Gasteiger partial charge on any atom is 0.315 e. The van der Waals surface area contributed by atoms with Crippen molar-refractivity contribution in [1.82, 2.24) is 10.6 Å². The van der Waals surface area contributed by atoms with Crippen LogP contribution in [-0.4, -0.2) is 26.3 Å².